The summed E-state index contributed by atoms with van der Waals surface area (Å²) in [4.78, 5) is 29.1. The van der Waals surface area contributed by atoms with Crippen LogP contribution < -0.4 is 16.8 Å². The van der Waals surface area contributed by atoms with Gasteiger partial charge in [-0.15, -0.1) is 0 Å². The molecule has 0 radical (unpaired) electrons. The lowest BCUT2D eigenvalue weighted by molar-refractivity contribution is -0.436. The van der Waals surface area contributed by atoms with Crippen molar-refractivity contribution in [2.75, 3.05) is 18.4 Å². The van der Waals surface area contributed by atoms with E-state index in [-0.39, 0.29) is 0 Å². The van der Waals surface area contributed by atoms with E-state index in [4.69, 9.17) is 21.7 Å². The lowest BCUT2D eigenvalue weighted by Crippen LogP contribution is -2.30. The molecule has 10 nitrogen and oxygen atoms in total. The van der Waals surface area contributed by atoms with Crippen molar-refractivity contribution >= 4 is 36.5 Å². The molecule has 0 amide bonds. The summed E-state index contributed by atoms with van der Waals surface area (Å²) < 4.78 is 1.75. The van der Waals surface area contributed by atoms with E-state index < -0.39 is 24.0 Å². The van der Waals surface area contributed by atoms with Gasteiger partial charge in [-0.05, 0) is 50.1 Å². The zero-order valence-corrected chi connectivity index (χ0v) is 16.2. The summed E-state index contributed by atoms with van der Waals surface area (Å²) in [6, 6.07) is -1.70. The Morgan fingerprint density at radius 1 is 1.21 bits per heavy atom. The largest absolute Gasteiger partial charge is 0.480 e. The number of aromatic nitrogens is 2. The van der Waals surface area contributed by atoms with Crippen LogP contribution in [0.2, 0.25) is 0 Å². The molecule has 1 rings (SSSR count). The first-order chi connectivity index (χ1) is 13.3. The van der Waals surface area contributed by atoms with Crippen LogP contribution in [-0.2, 0) is 9.59 Å². The van der Waals surface area contributed by atoms with E-state index in [1.807, 2.05) is 19.1 Å². The highest BCUT2D eigenvalue weighted by Gasteiger charge is 2.20. The average Bonchev–Trinajstić information content (AvgIpc) is 3.04. The van der Waals surface area contributed by atoms with Crippen molar-refractivity contribution in [2.45, 2.75) is 51.1 Å². The molecule has 1 aromatic heterocycles. The Kier molecular flexibility index (Phi) is 9.89. The fourth-order valence-electron chi connectivity index (χ4n) is 2.53. The number of hydrogen-bond donors (Lipinski definition) is 6. The molecular formula is C18H31N6O4+. The molecule has 0 aromatic carbocycles. The Bertz CT molecular complexity index is 700. The number of carbonyl (C=O) groups is 2. The third kappa shape index (κ3) is 7.89. The van der Waals surface area contributed by atoms with Crippen molar-refractivity contribution in [2.24, 2.45) is 11.5 Å². The van der Waals surface area contributed by atoms with Crippen LogP contribution in [0.1, 0.15) is 44.7 Å². The molecule has 0 aliphatic rings. The summed E-state index contributed by atoms with van der Waals surface area (Å²) in [6.07, 6.45) is 6.56. The Labute approximate surface area is 164 Å². The molecular weight excluding hydrogens is 364 g/mol. The van der Waals surface area contributed by atoms with Gasteiger partial charge < -0.3 is 27.0 Å². The number of unbranched alkanes of at least 4 members (excludes halogenated alkanes) is 1. The minimum Gasteiger partial charge on any atom is -0.480 e. The van der Waals surface area contributed by atoms with Gasteiger partial charge in [-0.3, -0.25) is 14.6 Å². The number of carboxylic acids is 2. The summed E-state index contributed by atoms with van der Waals surface area (Å²) in [5, 5.41) is 20.7. The quantitative estimate of drug-likeness (QED) is 0.154. The highest BCUT2D eigenvalue weighted by atomic mass is 16.4. The van der Waals surface area contributed by atoms with Gasteiger partial charge >= 0.3 is 23.7 Å². The molecule has 8 N–H and O–H groups in total. The predicted molar refractivity (Wildman–Crippen MR) is 108 cm³/mol. The van der Waals surface area contributed by atoms with E-state index in [2.05, 4.69) is 22.0 Å². The van der Waals surface area contributed by atoms with E-state index in [0.717, 1.165) is 12.1 Å². The molecule has 10 heteroatoms. The van der Waals surface area contributed by atoms with Crippen molar-refractivity contribution in [3.63, 3.8) is 0 Å². The Morgan fingerprint density at radius 2 is 1.82 bits per heavy atom. The zero-order valence-electron chi connectivity index (χ0n) is 16.2. The Balaban J connectivity index is 2.56. The van der Waals surface area contributed by atoms with Gasteiger partial charge in [0.1, 0.15) is 17.8 Å². The van der Waals surface area contributed by atoms with Gasteiger partial charge in [-0.1, -0.05) is 6.08 Å². The van der Waals surface area contributed by atoms with E-state index in [1.54, 1.807) is 4.58 Å². The van der Waals surface area contributed by atoms with Gasteiger partial charge in [-0.25, -0.2) is 4.58 Å². The lowest BCUT2D eigenvalue weighted by Gasteiger charge is -2.05. The number of rotatable bonds is 14. The monoisotopic (exact) mass is 395 g/mol. The van der Waals surface area contributed by atoms with Crippen molar-refractivity contribution in [1.82, 2.24) is 9.97 Å². The van der Waals surface area contributed by atoms with Crippen molar-refractivity contribution < 1.29 is 24.4 Å². The van der Waals surface area contributed by atoms with Crippen LogP contribution in [0, 0.1) is 0 Å². The second-order valence-electron chi connectivity index (χ2n) is 6.54. The van der Waals surface area contributed by atoms with Crippen LogP contribution in [0.15, 0.2) is 6.08 Å². The normalized spacial score (nSPS) is 13.4. The number of nitrogens with two attached hydrogens (primary N) is 2. The van der Waals surface area contributed by atoms with Crippen LogP contribution in [0.4, 0.5) is 11.8 Å². The molecule has 0 spiro atoms. The van der Waals surface area contributed by atoms with Crippen LogP contribution in [0.3, 0.4) is 0 Å². The molecule has 0 fully saturated rings. The van der Waals surface area contributed by atoms with Crippen LogP contribution in [-0.4, -0.2) is 68.6 Å². The molecule has 0 saturated heterocycles. The maximum Gasteiger partial charge on any atom is 0.350 e. The molecule has 0 aliphatic carbocycles. The molecule has 28 heavy (non-hydrogen) atoms. The van der Waals surface area contributed by atoms with Crippen molar-refractivity contribution in [1.29, 1.82) is 0 Å². The number of aromatic amines is 1. The fourth-order valence-corrected chi connectivity index (χ4v) is 2.53. The zero-order chi connectivity index (χ0) is 21.1. The molecule has 1 aromatic rings. The van der Waals surface area contributed by atoms with Gasteiger partial charge in [0.25, 0.3) is 0 Å². The van der Waals surface area contributed by atoms with E-state index in [0.29, 0.717) is 50.5 Å². The minimum absolute atomic E-state index is 0.373. The maximum atomic E-state index is 10.7. The number of imidazole rings is 1. The van der Waals surface area contributed by atoms with Crippen LogP contribution in [0.5, 0.6) is 0 Å². The van der Waals surface area contributed by atoms with E-state index in [1.165, 1.54) is 0 Å². The van der Waals surface area contributed by atoms with Gasteiger partial charge in [0, 0.05) is 6.54 Å². The molecule has 0 saturated carbocycles. The highest BCUT2D eigenvalue weighted by molar-refractivity contribution is 5.73. The number of carboxylic acid groups (broad SMARTS) is 2. The maximum absolute atomic E-state index is 10.7. The number of nitrogens with zero attached hydrogens (tertiary/aromatic N) is 2. The molecule has 156 valence electrons. The van der Waals surface area contributed by atoms with Crippen LogP contribution in [0.25, 0.3) is 6.08 Å². The summed E-state index contributed by atoms with van der Waals surface area (Å²) in [7, 11) is 0. The first-order valence-corrected chi connectivity index (χ1v) is 9.27. The standard InChI is InChI=1S/C18H30N6O4/c1-3-7-14-15(24(2)11-5-4-8-12(19)16(25)26)23-18(22-14)21-10-6-9-13(20)17(27)28/h3,7,12-13H,2,4-6,8-11,19-20H2,1H3,(H3-,21,22,23,25,26,27,28)/p+1/b7-3-/t12-,13?/m1/s1. The second-order valence-corrected chi connectivity index (χ2v) is 6.54. The SMILES string of the molecule is C=[N+](CCCC[C@@H](N)C(=O)O)c1nc(NCCCC(N)C(=O)O)[nH]c1/C=C\C. The number of anilines is 1. The van der Waals surface area contributed by atoms with Crippen molar-refractivity contribution in [3.05, 3.63) is 11.8 Å². The summed E-state index contributed by atoms with van der Waals surface area (Å²) in [5.41, 5.74) is 11.8. The third-order valence-corrected chi connectivity index (χ3v) is 4.16. The van der Waals surface area contributed by atoms with E-state index in [9.17, 15) is 9.59 Å². The number of hydrogen-bond acceptors (Lipinski definition) is 6. The lowest BCUT2D eigenvalue weighted by atomic mass is 10.1. The first-order valence-electron chi connectivity index (χ1n) is 9.27. The Morgan fingerprint density at radius 3 is 2.39 bits per heavy atom. The highest BCUT2D eigenvalue weighted by Crippen LogP contribution is 2.20. The average molecular weight is 395 g/mol. The number of allylic oxidation sites excluding steroid dienone is 1. The fraction of sp³-hybridized carbons (Fsp3) is 0.556. The third-order valence-electron chi connectivity index (χ3n) is 4.16. The van der Waals surface area contributed by atoms with Gasteiger partial charge in [0.05, 0.1) is 13.3 Å². The van der Waals surface area contributed by atoms with Gasteiger partial charge in [-0.2, -0.15) is 0 Å². The topological polar surface area (TPSA) is 170 Å². The molecule has 0 aliphatic heterocycles. The molecule has 1 unspecified atom stereocenters. The van der Waals surface area contributed by atoms with E-state index >= 15 is 0 Å². The predicted octanol–water partition coefficient (Wildman–Crippen LogP) is 0.974. The summed E-state index contributed by atoms with van der Waals surface area (Å²) in [6.45, 7) is 7.05. The summed E-state index contributed by atoms with van der Waals surface area (Å²) in [5.74, 6) is -0.763. The molecule has 2 atom stereocenters. The van der Waals surface area contributed by atoms with Gasteiger partial charge in [0.2, 0.25) is 0 Å². The van der Waals surface area contributed by atoms with Gasteiger partial charge in [0.15, 0.2) is 0 Å². The number of aliphatic carboxylic acids is 2. The second kappa shape index (κ2) is 11.9. The smallest absolute Gasteiger partial charge is 0.350 e. The number of nitrogens with one attached hydrogen (secondary N) is 2. The first kappa shape index (κ1) is 23.3. The number of H-pyrrole nitrogens is 1. The molecule has 1 heterocycles. The summed E-state index contributed by atoms with van der Waals surface area (Å²) >= 11 is 0. The minimum atomic E-state index is -1.01. The van der Waals surface area contributed by atoms with Crippen molar-refractivity contribution in [3.8, 4) is 0 Å². The van der Waals surface area contributed by atoms with Crippen LogP contribution >= 0.6 is 0 Å². The molecule has 0 bridgehead atoms. The Hall–Kier alpha value is -2.72.